The maximum Gasteiger partial charge on any atom is 0.560 e. The Hall–Kier alpha value is -3.36. The van der Waals surface area contributed by atoms with Crippen LogP contribution in [0.25, 0.3) is 0 Å². The summed E-state index contributed by atoms with van der Waals surface area (Å²) in [6.07, 6.45) is 13.1. The summed E-state index contributed by atoms with van der Waals surface area (Å²) >= 11 is 1.01. The third-order valence-electron chi connectivity index (χ3n) is 10.8. The molecule has 294 valence electrons. The maximum atomic E-state index is 14.3. The van der Waals surface area contributed by atoms with Gasteiger partial charge in [0.2, 0.25) is 5.71 Å². The molecule has 0 atom stereocenters. The van der Waals surface area contributed by atoms with Crippen LogP contribution in [0.15, 0.2) is 95.4 Å². The summed E-state index contributed by atoms with van der Waals surface area (Å²) in [4.78, 5) is 4.54. The first-order valence-electron chi connectivity index (χ1n) is 18.8. The van der Waals surface area contributed by atoms with Crippen molar-refractivity contribution in [2.75, 3.05) is 35.2 Å². The monoisotopic (exact) mass is 788 g/mol. The van der Waals surface area contributed by atoms with Gasteiger partial charge in [0.05, 0.1) is 0 Å². The quantitative estimate of drug-likeness (QED) is 0.0628. The van der Waals surface area contributed by atoms with Gasteiger partial charge in [0.1, 0.15) is 0 Å². The molecule has 1 N–H and O–H groups in total. The van der Waals surface area contributed by atoms with E-state index >= 15 is 0 Å². The second-order valence-corrected chi connectivity index (χ2v) is 17.6. The van der Waals surface area contributed by atoms with Crippen molar-refractivity contribution in [2.24, 2.45) is 0 Å². The Morgan fingerprint density at radius 3 is 1.72 bits per heavy atom. The van der Waals surface area contributed by atoms with Crippen molar-refractivity contribution in [1.29, 1.82) is 0 Å². The first kappa shape index (κ1) is 41.8. The SMILES string of the molecule is CCCCCN1/C(=C/C=C2\CCC(=C/C=C3/N(CCCCSOOO)c4ccccc4C3(C)C)\C2=[N+](/CC)S(=O)(=O)C(F)(F)F)C(C)(C)c2ccccc21. The van der Waals surface area contributed by atoms with E-state index < -0.39 is 20.9 Å². The summed E-state index contributed by atoms with van der Waals surface area (Å²) in [6.45, 7) is 13.3. The normalized spacial score (nSPS) is 21.9. The van der Waals surface area contributed by atoms with E-state index in [0.29, 0.717) is 40.3 Å². The molecule has 13 heteroatoms. The van der Waals surface area contributed by atoms with E-state index in [0.717, 1.165) is 79.0 Å². The number of hydrogen-bond acceptors (Lipinski definition) is 8. The van der Waals surface area contributed by atoms with E-state index in [2.05, 4.69) is 78.1 Å². The largest absolute Gasteiger partial charge is 0.560 e. The molecule has 3 aliphatic rings. The van der Waals surface area contributed by atoms with Crippen molar-refractivity contribution in [2.45, 2.75) is 103 Å². The minimum Gasteiger partial charge on any atom is -0.344 e. The van der Waals surface area contributed by atoms with E-state index in [9.17, 15) is 21.6 Å². The number of hydrogen-bond donors (Lipinski definition) is 1. The van der Waals surface area contributed by atoms with Crippen molar-refractivity contribution < 1.29 is 40.2 Å². The number of fused-ring (bicyclic) bond motifs is 2. The minimum absolute atomic E-state index is 0.0948. The molecule has 2 aromatic rings. The van der Waals surface area contributed by atoms with Gasteiger partial charge in [-0.25, -0.2) is 5.26 Å². The third-order valence-corrected chi connectivity index (χ3v) is 13.0. The first-order valence-corrected chi connectivity index (χ1v) is 21.1. The number of nitrogens with zero attached hydrogens (tertiary/aromatic N) is 3. The van der Waals surface area contributed by atoms with Crippen LogP contribution in [0.3, 0.4) is 0 Å². The van der Waals surface area contributed by atoms with Gasteiger partial charge in [-0.1, -0.05) is 101 Å². The number of unbranched alkanes of at least 4 members (excludes halogenated alkanes) is 3. The number of benzene rings is 2. The highest BCUT2D eigenvalue weighted by Crippen LogP contribution is 2.49. The van der Waals surface area contributed by atoms with Crippen LogP contribution in [0.4, 0.5) is 24.5 Å². The van der Waals surface area contributed by atoms with Crippen LogP contribution in [0.5, 0.6) is 0 Å². The molecule has 54 heavy (non-hydrogen) atoms. The van der Waals surface area contributed by atoms with Crippen molar-refractivity contribution >= 4 is 39.2 Å². The highest BCUT2D eigenvalue weighted by atomic mass is 32.2. The molecule has 5 rings (SSSR count). The number of allylic oxidation sites excluding steroid dienone is 8. The molecule has 0 bridgehead atoms. The molecule has 1 aliphatic carbocycles. The van der Waals surface area contributed by atoms with Crippen molar-refractivity contribution in [3.8, 4) is 0 Å². The number of alkyl halides is 3. The van der Waals surface area contributed by atoms with Gasteiger partial charge < -0.3 is 9.80 Å². The van der Waals surface area contributed by atoms with Gasteiger partial charge in [-0.3, -0.25) is 0 Å². The Morgan fingerprint density at radius 2 is 1.28 bits per heavy atom. The molecule has 0 saturated heterocycles. The Balaban J connectivity index is 1.61. The third kappa shape index (κ3) is 8.26. The summed E-state index contributed by atoms with van der Waals surface area (Å²) in [5.41, 5.74) is 1.41. The fourth-order valence-corrected chi connectivity index (χ4v) is 9.56. The van der Waals surface area contributed by atoms with Crippen LogP contribution in [0, 0.1) is 0 Å². The molecule has 0 spiro atoms. The van der Waals surface area contributed by atoms with Gasteiger partial charge in [0.25, 0.3) is 0 Å². The molecule has 2 aromatic carbocycles. The standard InChI is InChI=1S/C41H52F3N3O5S2/c1-7-9-14-27-45-34-19-12-10-17-32(34)39(3,4)36(45)25-23-30-21-22-31(38(30)47(8-2)54(49,50)41(42,43)44)24-26-37-40(5,6)33-18-11-13-20-35(33)46(37)28-15-16-29-53-52-51-48/h10-13,17-20,23-26H,7-9,14-16,21-22,27-29H2,1-6H3/p+1. The second kappa shape index (κ2) is 17.2. The lowest BCUT2D eigenvalue weighted by Gasteiger charge is -2.27. The van der Waals surface area contributed by atoms with Gasteiger partial charge >= 0.3 is 15.5 Å². The fourth-order valence-electron chi connectivity index (χ4n) is 8.06. The van der Waals surface area contributed by atoms with Gasteiger partial charge in [-0.2, -0.15) is 21.6 Å². The smallest absolute Gasteiger partial charge is 0.344 e. The molecule has 0 unspecified atom stereocenters. The fraction of sp³-hybridized carbons (Fsp3) is 0.488. The average molecular weight is 789 g/mol. The van der Waals surface area contributed by atoms with Gasteiger partial charge in [0, 0.05) is 75.6 Å². The molecular formula is C41H53F3N3O5S2+. The van der Waals surface area contributed by atoms with Crippen molar-refractivity contribution in [3.63, 3.8) is 0 Å². The molecule has 1 fully saturated rings. The lowest BCUT2D eigenvalue weighted by atomic mass is 9.83. The molecule has 2 heterocycles. The summed E-state index contributed by atoms with van der Waals surface area (Å²) in [7, 11) is -5.69. The highest BCUT2D eigenvalue weighted by Gasteiger charge is 2.56. The topological polar surface area (TPSA) is 82.3 Å². The predicted molar refractivity (Wildman–Crippen MR) is 212 cm³/mol. The zero-order valence-corrected chi connectivity index (χ0v) is 33.7. The molecule has 0 radical (unpaired) electrons. The van der Waals surface area contributed by atoms with Crippen LogP contribution >= 0.6 is 12.0 Å². The summed E-state index contributed by atoms with van der Waals surface area (Å²) in [6, 6.07) is 16.4. The number of para-hydroxylation sites is 2. The Labute approximate surface area is 322 Å². The van der Waals surface area contributed by atoms with Crippen molar-refractivity contribution in [1.82, 2.24) is 0 Å². The lowest BCUT2D eigenvalue weighted by molar-refractivity contribution is -0.432. The Bertz CT molecular complexity index is 1950. The van der Waals surface area contributed by atoms with Crippen LogP contribution in [0.1, 0.15) is 97.6 Å². The first-order chi connectivity index (χ1) is 25.6. The maximum absolute atomic E-state index is 14.3. The highest BCUT2D eigenvalue weighted by molar-refractivity contribution is 7.94. The number of halogens is 3. The molecular weight excluding hydrogens is 736 g/mol. The number of sulfonamides is 1. The molecule has 8 nitrogen and oxygen atoms in total. The van der Waals surface area contributed by atoms with Crippen molar-refractivity contribution in [3.05, 3.63) is 107 Å². The Morgan fingerprint density at radius 1 is 0.796 bits per heavy atom. The summed E-state index contributed by atoms with van der Waals surface area (Å²) in [5, 5.41) is 12.1. The molecule has 0 aromatic heterocycles. The van der Waals surface area contributed by atoms with Gasteiger partial charge in [-0.05, 0) is 74.4 Å². The van der Waals surface area contributed by atoms with E-state index in [-0.39, 0.29) is 17.7 Å². The van der Waals surface area contributed by atoms with E-state index in [1.54, 1.807) is 0 Å². The zero-order chi connectivity index (χ0) is 39.3. The van der Waals surface area contributed by atoms with Gasteiger partial charge in [0.15, 0.2) is 6.54 Å². The van der Waals surface area contributed by atoms with Crippen LogP contribution in [-0.4, -0.2) is 54.3 Å². The zero-order valence-electron chi connectivity index (χ0n) is 32.1. The number of anilines is 2. The predicted octanol–water partition coefficient (Wildman–Crippen LogP) is 10.4. The second-order valence-electron chi connectivity index (χ2n) is 14.9. The molecule has 1 saturated carbocycles. The van der Waals surface area contributed by atoms with Gasteiger partial charge in [-0.15, -0.1) is 8.31 Å². The van der Waals surface area contributed by atoms with Crippen LogP contribution in [0.2, 0.25) is 0 Å². The van der Waals surface area contributed by atoms with E-state index in [4.69, 9.17) is 5.26 Å². The lowest BCUT2D eigenvalue weighted by Crippen LogP contribution is -2.38. The van der Waals surface area contributed by atoms with E-state index in [1.165, 1.54) is 12.5 Å². The Kier molecular flexibility index (Phi) is 13.3. The molecule has 2 aliphatic heterocycles. The average Bonchev–Trinajstić information content (AvgIpc) is 3.69. The van der Waals surface area contributed by atoms with E-state index in [1.807, 2.05) is 48.6 Å². The number of rotatable bonds is 15. The van der Waals surface area contributed by atoms with Crippen LogP contribution < -0.4 is 9.80 Å². The summed E-state index contributed by atoms with van der Waals surface area (Å²) in [5.74, 6) is 0.604. The summed E-state index contributed by atoms with van der Waals surface area (Å²) < 4.78 is 74.2. The van der Waals surface area contributed by atoms with Crippen LogP contribution in [-0.2, 0) is 30.2 Å². The minimum atomic E-state index is -5.69. The molecule has 0 amide bonds.